The number of hydrogen-bond donors (Lipinski definition) is 3. The van der Waals surface area contributed by atoms with Gasteiger partial charge in [-0.25, -0.2) is 8.78 Å². The maximum Gasteiger partial charge on any atom is 0.397 e. The molecule has 7 aliphatic rings. The normalized spacial score (nSPS) is 31.8. The van der Waals surface area contributed by atoms with Crippen LogP contribution in [0.15, 0.2) is 12.2 Å². The molecule has 6 fully saturated rings. The quantitative estimate of drug-likeness (QED) is 0.119. The number of alkyl halides is 8. The van der Waals surface area contributed by atoms with Crippen molar-refractivity contribution in [3.63, 3.8) is 0 Å². The number of nitrogens with one attached hydrogen (secondary N) is 3. The summed E-state index contributed by atoms with van der Waals surface area (Å²) < 4.78 is 127. The molecule has 12 atom stereocenters. The number of ether oxygens (including phenoxy) is 2. The Morgan fingerprint density at radius 2 is 1.24 bits per heavy atom. The van der Waals surface area contributed by atoms with Gasteiger partial charge < -0.3 is 69.5 Å². The Balaban J connectivity index is 1.35. The predicted octanol–water partition coefficient (Wildman–Crippen LogP) is 6.37. The van der Waals surface area contributed by atoms with Gasteiger partial charge in [0.15, 0.2) is 0 Å². The maximum absolute atomic E-state index is 15.8. The summed E-state index contributed by atoms with van der Waals surface area (Å²) in [7, 11) is 9.16. The summed E-state index contributed by atoms with van der Waals surface area (Å²) in [5, 5.41) is 8.39. The standard InChI is InChI=1S/C77H120F8N12O14/c1-15-45(5)63-71(107)90(9)41-61(100)91(10)54-24-20-19-21-33-96(70(54)106)57(36-46-25-28-49(29-26-46)76(80,81)82)68(104)89(8)40-59(98)86-53(30-27-47-34-51(78)62(52(79)35-47)77(83,84)85)67(103)97-39-50(111-18-4)37-55(97)66(102)88-75(43-74(6,7)44-75)73(109)94(13)64(48(16-2)17-3)72(108)93(12)56(69(105)95-31-22-23-32-95)38-60(99)92(11)58(42-110-14)65(101)87-63/h19-20,45-58,62-64H,15-18,21-44H2,1-14H3,(H,86,98)(H,87,101)(H,88,102)/b20-19-/t45-,46?,47?,49?,50+,51?,52?,53-,54-,55-,56-,57-,58-,62?,63-,64-/m0/s1. The SMILES string of the molecule is CCO[C@@H]1C[C@H]2C(=O)NC3(CC(C)(C)C3)C(=O)N(C)[C@@H](C(CC)CC)C(=O)N(C)[C@H](C(=O)N3CCCC3)CC(=O)N(C)[C@@H](COC)C(=O)N[C@@H]([C@@H](C)CC)C(=O)N(C)CC(=O)N(C)[C@H]3C/C=C\CCN(C3=O)[C@@H](CC3CCC(C(F)(F)F)CC3)C(=O)N(C)CC(=O)N[C@@H](CCC3CC(F)C(C(F)(F)F)C(F)C3)C(=O)N2C1. The van der Waals surface area contributed by atoms with E-state index in [0.29, 0.717) is 45.2 Å². The van der Waals surface area contributed by atoms with Crippen LogP contribution in [0.5, 0.6) is 0 Å². The van der Waals surface area contributed by atoms with Gasteiger partial charge in [0.05, 0.1) is 38.1 Å². The van der Waals surface area contributed by atoms with E-state index in [1.165, 1.54) is 64.1 Å². The molecule has 0 aromatic rings. The van der Waals surface area contributed by atoms with Crippen molar-refractivity contribution < 1.29 is 102 Å². The number of carbonyl (C=O) groups excluding carboxylic acids is 12. The second kappa shape index (κ2) is 38.7. The molecule has 628 valence electrons. The van der Waals surface area contributed by atoms with Crippen molar-refractivity contribution in [1.82, 2.24) is 60.0 Å². The Morgan fingerprint density at radius 3 is 1.80 bits per heavy atom. The Morgan fingerprint density at radius 1 is 0.631 bits per heavy atom. The first kappa shape index (κ1) is 90.9. The van der Waals surface area contributed by atoms with E-state index in [2.05, 4.69) is 16.0 Å². The molecule has 26 nitrogen and oxygen atoms in total. The lowest BCUT2D eigenvalue weighted by atomic mass is 9.58. The number of likely N-dealkylation sites (N-methyl/N-ethyl adjacent to an activating group) is 6. The molecule has 4 heterocycles. The van der Waals surface area contributed by atoms with E-state index >= 15 is 37.5 Å². The van der Waals surface area contributed by atoms with Crippen LogP contribution in [0.1, 0.15) is 177 Å². The molecule has 0 radical (unpaired) electrons. The van der Waals surface area contributed by atoms with Crippen LogP contribution in [0, 0.1) is 40.9 Å². The van der Waals surface area contributed by atoms with Crippen LogP contribution in [0.4, 0.5) is 35.1 Å². The van der Waals surface area contributed by atoms with Crippen LogP contribution in [0.2, 0.25) is 0 Å². The number of rotatable bonds is 15. The van der Waals surface area contributed by atoms with Gasteiger partial charge in [-0.05, 0) is 132 Å². The molecule has 1 spiro atoms. The van der Waals surface area contributed by atoms with Crippen LogP contribution in [0.3, 0.4) is 0 Å². The van der Waals surface area contributed by atoms with Crippen LogP contribution in [-0.2, 0) is 67.0 Å². The molecule has 3 aliphatic carbocycles. The van der Waals surface area contributed by atoms with E-state index in [-0.39, 0.29) is 90.3 Å². The minimum absolute atomic E-state index is 0.00678. The second-order valence-corrected chi connectivity index (χ2v) is 33.0. The van der Waals surface area contributed by atoms with Crippen LogP contribution in [0.25, 0.3) is 0 Å². The summed E-state index contributed by atoms with van der Waals surface area (Å²) in [5.74, 6) is -17.3. The Labute approximate surface area is 647 Å². The van der Waals surface area contributed by atoms with Gasteiger partial charge in [-0.15, -0.1) is 0 Å². The first-order valence-corrected chi connectivity index (χ1v) is 39.5. The van der Waals surface area contributed by atoms with Crippen molar-refractivity contribution in [1.29, 1.82) is 0 Å². The first-order chi connectivity index (χ1) is 52.0. The number of halogens is 8. The van der Waals surface area contributed by atoms with E-state index in [4.69, 9.17) is 9.47 Å². The van der Waals surface area contributed by atoms with Crippen molar-refractivity contribution in [2.24, 2.45) is 40.9 Å². The zero-order chi connectivity index (χ0) is 82.7. The van der Waals surface area contributed by atoms with Gasteiger partial charge in [-0.2, -0.15) is 26.3 Å². The molecule has 2 bridgehead atoms. The Bertz CT molecular complexity index is 3310. The molecule has 3 saturated heterocycles. The topological polar surface area (TPSA) is 289 Å². The second-order valence-electron chi connectivity index (χ2n) is 33.0. The fraction of sp³-hybridized carbons (Fsp3) is 0.818. The average Bonchev–Trinajstić information content (AvgIpc) is 1.17. The highest BCUT2D eigenvalue weighted by atomic mass is 19.4. The average molecular weight is 1590 g/mol. The number of likely N-dealkylation sites (tertiary alicyclic amines) is 1. The fourth-order valence-electron chi connectivity index (χ4n) is 17.9. The first-order valence-electron chi connectivity index (χ1n) is 39.5. The van der Waals surface area contributed by atoms with Crippen LogP contribution < -0.4 is 16.0 Å². The van der Waals surface area contributed by atoms with E-state index < -0.39 is 242 Å². The molecule has 2 unspecified atom stereocenters. The highest BCUT2D eigenvalue weighted by molar-refractivity contribution is 6.01. The zero-order valence-corrected chi connectivity index (χ0v) is 67.0. The molecule has 4 aliphatic heterocycles. The molecule has 3 saturated carbocycles. The summed E-state index contributed by atoms with van der Waals surface area (Å²) in [6, 6.07) is -11.8. The maximum atomic E-state index is 15.8. The summed E-state index contributed by atoms with van der Waals surface area (Å²) in [6.45, 7) is 10.6. The van der Waals surface area contributed by atoms with Crippen LogP contribution >= 0.6 is 0 Å². The molecule has 34 heteroatoms. The lowest BCUT2D eigenvalue weighted by molar-refractivity contribution is -0.219. The number of hydrogen-bond acceptors (Lipinski definition) is 14. The smallest absolute Gasteiger partial charge is 0.382 e. The van der Waals surface area contributed by atoms with Gasteiger partial charge >= 0.3 is 12.4 Å². The monoisotopic (exact) mass is 1590 g/mol. The van der Waals surface area contributed by atoms with E-state index in [1.54, 1.807) is 32.9 Å². The number of fused-ring (bicyclic) bond motifs is 3. The minimum Gasteiger partial charge on any atom is -0.382 e. The number of amides is 12. The van der Waals surface area contributed by atoms with Gasteiger partial charge in [0.1, 0.15) is 72.1 Å². The lowest BCUT2D eigenvalue weighted by Crippen LogP contribution is -2.71. The molecular weight excluding hydrogens is 1470 g/mol. The van der Waals surface area contributed by atoms with Gasteiger partial charge in [-0.1, -0.05) is 73.0 Å². The molecule has 12 amide bonds. The van der Waals surface area contributed by atoms with Gasteiger partial charge in [0, 0.05) is 88.6 Å². The van der Waals surface area contributed by atoms with E-state index in [9.17, 15) is 55.1 Å². The van der Waals surface area contributed by atoms with Gasteiger partial charge in [0.2, 0.25) is 70.9 Å². The predicted molar refractivity (Wildman–Crippen MR) is 392 cm³/mol. The Hall–Kier alpha value is -7.26. The van der Waals surface area contributed by atoms with Gasteiger partial charge in [-0.3, -0.25) is 57.5 Å². The van der Waals surface area contributed by atoms with E-state index in [1.807, 2.05) is 27.7 Å². The van der Waals surface area contributed by atoms with Gasteiger partial charge in [0.25, 0.3) is 0 Å². The summed E-state index contributed by atoms with van der Waals surface area (Å²) in [5.41, 5.74) is -2.41. The fourth-order valence-corrected chi connectivity index (χ4v) is 17.9. The van der Waals surface area contributed by atoms with Crippen molar-refractivity contribution in [3.05, 3.63) is 12.2 Å². The number of carbonyl (C=O) groups is 12. The zero-order valence-electron chi connectivity index (χ0n) is 67.0. The highest BCUT2D eigenvalue weighted by Crippen LogP contribution is 2.50. The number of nitrogens with zero attached hydrogens (tertiary/aromatic N) is 9. The van der Waals surface area contributed by atoms with Crippen molar-refractivity contribution in [2.75, 3.05) is 102 Å². The van der Waals surface area contributed by atoms with Crippen LogP contribution in [-0.4, -0.2) is 302 Å². The van der Waals surface area contributed by atoms with Crippen molar-refractivity contribution in [2.45, 2.75) is 262 Å². The number of methoxy groups -OCH3 is 1. The third-order valence-corrected chi connectivity index (χ3v) is 24.5. The molecule has 3 N–H and O–H groups in total. The third-order valence-electron chi connectivity index (χ3n) is 24.5. The molecule has 7 rings (SSSR count). The third kappa shape index (κ3) is 22.0. The Kier molecular flexibility index (Phi) is 31.7. The minimum atomic E-state index is -5.23. The van der Waals surface area contributed by atoms with Crippen molar-refractivity contribution in [3.8, 4) is 0 Å². The largest absolute Gasteiger partial charge is 0.397 e. The summed E-state index contributed by atoms with van der Waals surface area (Å²) >= 11 is 0. The highest BCUT2D eigenvalue weighted by Gasteiger charge is 2.60. The molecule has 0 aromatic heterocycles. The van der Waals surface area contributed by atoms with Crippen molar-refractivity contribution >= 4 is 70.9 Å². The molecular formula is C77H120F8N12O14. The molecule has 0 aromatic carbocycles. The summed E-state index contributed by atoms with van der Waals surface area (Å²) in [4.78, 5) is 193. The molecule has 111 heavy (non-hydrogen) atoms. The lowest BCUT2D eigenvalue weighted by Gasteiger charge is -2.54. The summed E-state index contributed by atoms with van der Waals surface area (Å²) in [6.07, 6.45) is -14.5. The van der Waals surface area contributed by atoms with E-state index in [0.717, 1.165) is 29.4 Å².